The predicted octanol–water partition coefficient (Wildman–Crippen LogP) is 2.35. The first-order chi connectivity index (χ1) is 5.41. The Morgan fingerprint density at radius 1 is 1.09 bits per heavy atom. The summed E-state index contributed by atoms with van der Waals surface area (Å²) in [5.74, 6) is 0. The monoisotopic (exact) mass is 158 g/mol. The summed E-state index contributed by atoms with van der Waals surface area (Å²) in [6.45, 7) is 6.00. The summed E-state index contributed by atoms with van der Waals surface area (Å²) in [7, 11) is 0. The maximum absolute atomic E-state index is 5.15. The molecule has 2 nitrogen and oxygen atoms in total. The highest BCUT2D eigenvalue weighted by atomic mass is 16.7. The predicted molar refractivity (Wildman–Crippen MR) is 46.5 cm³/mol. The van der Waals surface area contributed by atoms with E-state index in [1.165, 1.54) is 0 Å². The van der Waals surface area contributed by atoms with Crippen LogP contribution in [0.2, 0.25) is 0 Å². The van der Waals surface area contributed by atoms with Crippen LogP contribution in [0, 0.1) is 0 Å². The summed E-state index contributed by atoms with van der Waals surface area (Å²) in [6.07, 6.45) is 6.36. The van der Waals surface area contributed by atoms with E-state index in [4.69, 9.17) is 9.47 Å². The van der Waals surface area contributed by atoms with E-state index in [9.17, 15) is 0 Å². The minimum absolute atomic E-state index is 0.427. The smallest absolute Gasteiger partial charge is 0.146 e. The Labute approximate surface area is 69.2 Å². The van der Waals surface area contributed by atoms with Gasteiger partial charge in [-0.25, -0.2) is 0 Å². The van der Waals surface area contributed by atoms with Crippen molar-refractivity contribution in [3.8, 4) is 0 Å². The van der Waals surface area contributed by atoms with Crippen LogP contribution in [-0.2, 0) is 9.47 Å². The third kappa shape index (κ3) is 9.66. The summed E-state index contributed by atoms with van der Waals surface area (Å²) in [6, 6.07) is 0. The highest BCUT2D eigenvalue weighted by Gasteiger charge is 1.83. The molecule has 0 heterocycles. The number of rotatable bonds is 7. The fourth-order valence-corrected chi connectivity index (χ4v) is 0.637. The maximum atomic E-state index is 5.15. The van der Waals surface area contributed by atoms with Gasteiger partial charge in [0.05, 0.1) is 6.61 Å². The van der Waals surface area contributed by atoms with Gasteiger partial charge in [-0.15, -0.1) is 0 Å². The molecule has 0 fully saturated rings. The Morgan fingerprint density at radius 3 is 2.55 bits per heavy atom. The van der Waals surface area contributed by atoms with Crippen LogP contribution in [0.25, 0.3) is 0 Å². The second-order valence-corrected chi connectivity index (χ2v) is 2.19. The van der Waals surface area contributed by atoms with Crippen molar-refractivity contribution in [1.82, 2.24) is 0 Å². The fourth-order valence-electron chi connectivity index (χ4n) is 0.637. The van der Waals surface area contributed by atoms with E-state index in [2.05, 4.69) is 19.1 Å². The molecule has 66 valence electrons. The first kappa shape index (κ1) is 10.7. The van der Waals surface area contributed by atoms with E-state index in [1.54, 1.807) is 0 Å². The summed E-state index contributed by atoms with van der Waals surface area (Å²) < 4.78 is 10.1. The Morgan fingerprint density at radius 2 is 1.91 bits per heavy atom. The topological polar surface area (TPSA) is 18.5 Å². The van der Waals surface area contributed by atoms with Gasteiger partial charge >= 0.3 is 0 Å². The average Bonchev–Trinajstić information content (AvgIpc) is 2.03. The number of hydrogen-bond acceptors (Lipinski definition) is 2. The van der Waals surface area contributed by atoms with Crippen molar-refractivity contribution in [2.24, 2.45) is 0 Å². The van der Waals surface area contributed by atoms with Crippen molar-refractivity contribution in [2.45, 2.75) is 26.7 Å². The molecule has 2 heteroatoms. The van der Waals surface area contributed by atoms with Crippen LogP contribution < -0.4 is 0 Å². The normalized spacial score (nSPS) is 11.1. The molecule has 0 aliphatic heterocycles. The van der Waals surface area contributed by atoms with Gasteiger partial charge in [-0.05, 0) is 19.8 Å². The lowest BCUT2D eigenvalue weighted by Crippen LogP contribution is -1.99. The van der Waals surface area contributed by atoms with Crippen LogP contribution in [0.1, 0.15) is 26.7 Å². The van der Waals surface area contributed by atoms with Gasteiger partial charge in [0.2, 0.25) is 0 Å². The molecule has 0 aromatic rings. The Balaban J connectivity index is 2.85. The summed E-state index contributed by atoms with van der Waals surface area (Å²) in [5, 5.41) is 0. The molecule has 0 aromatic heterocycles. The standard InChI is InChI=1S/C9H18O2/c1-3-5-6-7-8-11-9-10-4-2/h5-6H,3-4,7-9H2,1-2H3. The molecular formula is C9H18O2. The number of hydrogen-bond donors (Lipinski definition) is 0. The molecule has 0 radical (unpaired) electrons. The third-order valence-corrected chi connectivity index (χ3v) is 1.20. The molecule has 0 N–H and O–H groups in total. The summed E-state index contributed by atoms with van der Waals surface area (Å²) in [4.78, 5) is 0. The minimum atomic E-state index is 0.427. The molecule has 0 spiro atoms. The molecule has 0 saturated carbocycles. The second-order valence-electron chi connectivity index (χ2n) is 2.19. The molecule has 0 aliphatic rings. The molecule has 0 amide bonds. The van der Waals surface area contributed by atoms with E-state index < -0.39 is 0 Å². The molecule has 0 bridgehead atoms. The van der Waals surface area contributed by atoms with E-state index >= 15 is 0 Å². The minimum Gasteiger partial charge on any atom is -0.356 e. The highest BCUT2D eigenvalue weighted by Crippen LogP contribution is 1.87. The van der Waals surface area contributed by atoms with Gasteiger partial charge in [-0.1, -0.05) is 19.1 Å². The van der Waals surface area contributed by atoms with Gasteiger partial charge in [0.15, 0.2) is 0 Å². The molecular weight excluding hydrogens is 140 g/mol. The van der Waals surface area contributed by atoms with Crippen LogP contribution in [-0.4, -0.2) is 20.0 Å². The molecule has 0 aliphatic carbocycles. The highest BCUT2D eigenvalue weighted by molar-refractivity contribution is 4.79. The molecule has 0 saturated heterocycles. The van der Waals surface area contributed by atoms with Gasteiger partial charge in [0.1, 0.15) is 6.79 Å². The Bertz CT molecular complexity index is 89.6. The van der Waals surface area contributed by atoms with Gasteiger partial charge in [0.25, 0.3) is 0 Å². The van der Waals surface area contributed by atoms with Crippen molar-refractivity contribution in [2.75, 3.05) is 20.0 Å². The van der Waals surface area contributed by atoms with Gasteiger partial charge in [0, 0.05) is 6.61 Å². The summed E-state index contributed by atoms with van der Waals surface area (Å²) in [5.41, 5.74) is 0. The van der Waals surface area contributed by atoms with E-state index in [0.717, 1.165) is 26.1 Å². The van der Waals surface area contributed by atoms with Crippen molar-refractivity contribution in [1.29, 1.82) is 0 Å². The summed E-state index contributed by atoms with van der Waals surface area (Å²) >= 11 is 0. The van der Waals surface area contributed by atoms with Crippen LogP contribution in [0.4, 0.5) is 0 Å². The van der Waals surface area contributed by atoms with Crippen LogP contribution in [0.3, 0.4) is 0 Å². The Kier molecular flexibility index (Phi) is 9.36. The Hall–Kier alpha value is -0.340. The van der Waals surface area contributed by atoms with Gasteiger partial charge in [-0.2, -0.15) is 0 Å². The number of allylic oxidation sites excluding steroid dienone is 1. The lowest BCUT2D eigenvalue weighted by molar-refractivity contribution is -0.0476. The lowest BCUT2D eigenvalue weighted by Gasteiger charge is -2.00. The van der Waals surface area contributed by atoms with Crippen LogP contribution in [0.15, 0.2) is 12.2 Å². The number of ether oxygens (including phenoxy) is 2. The largest absolute Gasteiger partial charge is 0.356 e. The first-order valence-electron chi connectivity index (χ1n) is 4.22. The zero-order valence-corrected chi connectivity index (χ0v) is 7.51. The zero-order chi connectivity index (χ0) is 8.36. The van der Waals surface area contributed by atoms with Gasteiger partial charge < -0.3 is 9.47 Å². The second kappa shape index (κ2) is 9.66. The molecule has 11 heavy (non-hydrogen) atoms. The fraction of sp³-hybridized carbons (Fsp3) is 0.778. The first-order valence-corrected chi connectivity index (χ1v) is 4.22. The van der Waals surface area contributed by atoms with E-state index in [0.29, 0.717) is 6.79 Å². The van der Waals surface area contributed by atoms with Crippen LogP contribution >= 0.6 is 0 Å². The van der Waals surface area contributed by atoms with Crippen molar-refractivity contribution >= 4 is 0 Å². The lowest BCUT2D eigenvalue weighted by atomic mass is 10.3. The van der Waals surface area contributed by atoms with E-state index in [1.807, 2.05) is 6.92 Å². The zero-order valence-electron chi connectivity index (χ0n) is 7.51. The maximum Gasteiger partial charge on any atom is 0.146 e. The molecule has 0 atom stereocenters. The molecule has 0 unspecified atom stereocenters. The SMILES string of the molecule is CCC=CCCOCOCC. The van der Waals surface area contributed by atoms with Crippen molar-refractivity contribution in [3.63, 3.8) is 0 Å². The van der Waals surface area contributed by atoms with E-state index in [-0.39, 0.29) is 0 Å². The third-order valence-electron chi connectivity index (χ3n) is 1.20. The molecule has 0 rings (SSSR count). The van der Waals surface area contributed by atoms with Crippen molar-refractivity contribution in [3.05, 3.63) is 12.2 Å². The van der Waals surface area contributed by atoms with Gasteiger partial charge in [-0.3, -0.25) is 0 Å². The van der Waals surface area contributed by atoms with Crippen LogP contribution in [0.5, 0.6) is 0 Å². The van der Waals surface area contributed by atoms with Crippen molar-refractivity contribution < 1.29 is 9.47 Å². The average molecular weight is 158 g/mol. The molecule has 0 aromatic carbocycles. The quantitative estimate of drug-likeness (QED) is 0.322.